The normalized spacial score (nSPS) is 11.3. The van der Waals surface area contributed by atoms with Gasteiger partial charge in [0.15, 0.2) is 0 Å². The molecule has 2 nitrogen and oxygen atoms in total. The monoisotopic (exact) mass is 658 g/mol. The summed E-state index contributed by atoms with van der Waals surface area (Å²) < 4.78 is 2.56. The number of nitrogens with zero attached hydrogens (tertiary/aromatic N) is 2. The van der Waals surface area contributed by atoms with E-state index in [2.05, 4.69) is 205 Å². The molecule has 0 saturated carbocycles. The fourth-order valence-electron chi connectivity index (χ4n) is 7.10. The molecule has 238 valence electrons. The first-order chi connectivity index (χ1) is 24.7. The number of thiophene rings is 1. The van der Waals surface area contributed by atoms with Gasteiger partial charge in [0, 0.05) is 48.6 Å². The summed E-state index contributed by atoms with van der Waals surface area (Å²) in [7, 11) is 0. The van der Waals surface area contributed by atoms with Crippen LogP contribution in [-0.4, -0.2) is 0 Å². The number of fused-ring (bicyclic) bond motifs is 4. The van der Waals surface area contributed by atoms with Crippen molar-refractivity contribution in [3.8, 4) is 11.1 Å². The SMILES string of the molecule is Cc1cc(N(c2ccccc2)c2ccc3ccccc3c2)c2c(c1)sc1ccc(N(c3ccccc3)c3ccc(-c4ccccc4)cc3)cc12. The van der Waals surface area contributed by atoms with Crippen LogP contribution in [0.25, 0.3) is 42.1 Å². The van der Waals surface area contributed by atoms with E-state index in [0.717, 1.165) is 28.4 Å². The van der Waals surface area contributed by atoms with Gasteiger partial charge in [-0.25, -0.2) is 0 Å². The first-order valence-corrected chi connectivity index (χ1v) is 17.8. The fraction of sp³-hybridized carbons (Fsp3) is 0.0213. The highest BCUT2D eigenvalue weighted by molar-refractivity contribution is 7.26. The molecule has 0 unspecified atom stereocenters. The van der Waals surface area contributed by atoms with Crippen LogP contribution in [-0.2, 0) is 0 Å². The number of para-hydroxylation sites is 2. The largest absolute Gasteiger partial charge is 0.310 e. The molecule has 0 spiro atoms. The molecule has 3 heteroatoms. The number of hydrogen-bond acceptors (Lipinski definition) is 3. The highest BCUT2D eigenvalue weighted by Gasteiger charge is 2.21. The molecule has 0 aliphatic heterocycles. The van der Waals surface area contributed by atoms with Crippen molar-refractivity contribution in [2.75, 3.05) is 9.80 Å². The Kier molecular flexibility index (Phi) is 7.61. The van der Waals surface area contributed by atoms with Gasteiger partial charge in [0.25, 0.3) is 0 Å². The van der Waals surface area contributed by atoms with Gasteiger partial charge >= 0.3 is 0 Å². The lowest BCUT2D eigenvalue weighted by atomic mass is 10.0. The minimum atomic E-state index is 1.12. The van der Waals surface area contributed by atoms with Crippen molar-refractivity contribution in [1.29, 1.82) is 0 Å². The van der Waals surface area contributed by atoms with Gasteiger partial charge in [0.1, 0.15) is 0 Å². The van der Waals surface area contributed by atoms with Crippen LogP contribution in [0, 0.1) is 6.92 Å². The number of hydrogen-bond donors (Lipinski definition) is 0. The summed E-state index contributed by atoms with van der Waals surface area (Å²) in [5, 5.41) is 4.98. The Hall–Kier alpha value is -6.16. The molecule has 0 radical (unpaired) electrons. The van der Waals surface area contributed by atoms with Crippen molar-refractivity contribution < 1.29 is 0 Å². The molecular weight excluding hydrogens is 625 g/mol. The number of rotatable bonds is 7. The average molecular weight is 659 g/mol. The van der Waals surface area contributed by atoms with Gasteiger partial charge in [-0.3, -0.25) is 0 Å². The van der Waals surface area contributed by atoms with Crippen LogP contribution in [0.4, 0.5) is 34.1 Å². The smallest absolute Gasteiger partial charge is 0.0557 e. The molecule has 0 amide bonds. The van der Waals surface area contributed by atoms with Crippen LogP contribution < -0.4 is 9.80 Å². The Morgan fingerprint density at radius 3 is 1.64 bits per heavy atom. The molecule has 0 aliphatic carbocycles. The molecule has 0 saturated heterocycles. The zero-order chi connectivity index (χ0) is 33.4. The van der Waals surface area contributed by atoms with Crippen LogP contribution in [0.5, 0.6) is 0 Å². The zero-order valence-electron chi connectivity index (χ0n) is 27.7. The second kappa shape index (κ2) is 12.7. The van der Waals surface area contributed by atoms with Crippen molar-refractivity contribution in [2.45, 2.75) is 6.92 Å². The van der Waals surface area contributed by atoms with Crippen LogP contribution in [0.15, 0.2) is 188 Å². The van der Waals surface area contributed by atoms with Gasteiger partial charge in [0.2, 0.25) is 0 Å². The summed E-state index contributed by atoms with van der Waals surface area (Å²) in [4.78, 5) is 4.79. The molecule has 1 aromatic heterocycles. The molecule has 50 heavy (non-hydrogen) atoms. The summed E-state index contributed by atoms with van der Waals surface area (Å²) in [6, 6.07) is 67.9. The third-order valence-electron chi connectivity index (χ3n) is 9.43. The van der Waals surface area contributed by atoms with E-state index in [9.17, 15) is 0 Å². The van der Waals surface area contributed by atoms with Crippen molar-refractivity contribution in [3.63, 3.8) is 0 Å². The highest BCUT2D eigenvalue weighted by atomic mass is 32.1. The van der Waals surface area contributed by atoms with Crippen molar-refractivity contribution in [1.82, 2.24) is 0 Å². The molecule has 0 atom stereocenters. The molecule has 9 aromatic rings. The van der Waals surface area contributed by atoms with Gasteiger partial charge in [-0.15, -0.1) is 11.3 Å². The van der Waals surface area contributed by atoms with Crippen molar-refractivity contribution in [3.05, 3.63) is 194 Å². The van der Waals surface area contributed by atoms with Gasteiger partial charge < -0.3 is 9.80 Å². The summed E-state index contributed by atoms with van der Waals surface area (Å²) in [6.07, 6.45) is 0. The van der Waals surface area contributed by atoms with E-state index < -0.39 is 0 Å². The third-order valence-corrected chi connectivity index (χ3v) is 10.5. The fourth-order valence-corrected chi connectivity index (χ4v) is 8.31. The summed E-state index contributed by atoms with van der Waals surface area (Å²) >= 11 is 1.87. The van der Waals surface area contributed by atoms with Crippen LogP contribution in [0.2, 0.25) is 0 Å². The molecular formula is C47H34N2S. The predicted molar refractivity (Wildman–Crippen MR) is 216 cm³/mol. The molecule has 8 aromatic carbocycles. The lowest BCUT2D eigenvalue weighted by molar-refractivity contribution is 1.29. The average Bonchev–Trinajstić information content (AvgIpc) is 3.54. The lowest BCUT2D eigenvalue weighted by Crippen LogP contribution is -2.11. The minimum absolute atomic E-state index is 1.12. The second-order valence-corrected chi connectivity index (χ2v) is 13.8. The molecule has 0 N–H and O–H groups in total. The van der Waals surface area contributed by atoms with Gasteiger partial charge in [-0.05, 0) is 113 Å². The topological polar surface area (TPSA) is 6.48 Å². The van der Waals surface area contributed by atoms with Gasteiger partial charge in [0.05, 0.1) is 5.69 Å². The zero-order valence-corrected chi connectivity index (χ0v) is 28.5. The number of benzene rings is 8. The first kappa shape index (κ1) is 29.9. The van der Waals surface area contributed by atoms with E-state index in [4.69, 9.17) is 0 Å². The second-order valence-electron chi connectivity index (χ2n) is 12.7. The Labute approximate surface area is 296 Å². The lowest BCUT2D eigenvalue weighted by Gasteiger charge is -2.28. The van der Waals surface area contributed by atoms with Gasteiger partial charge in [-0.1, -0.05) is 109 Å². The summed E-state index contributed by atoms with van der Waals surface area (Å²) in [5.41, 5.74) is 10.5. The molecule has 1 heterocycles. The van der Waals surface area contributed by atoms with E-state index in [1.165, 1.54) is 53.3 Å². The first-order valence-electron chi connectivity index (χ1n) is 17.0. The summed E-state index contributed by atoms with van der Waals surface area (Å²) in [5.74, 6) is 0. The quantitative estimate of drug-likeness (QED) is 0.168. The van der Waals surface area contributed by atoms with Gasteiger partial charge in [-0.2, -0.15) is 0 Å². The van der Waals surface area contributed by atoms with E-state index in [1.807, 2.05) is 11.3 Å². The highest BCUT2D eigenvalue weighted by Crippen LogP contribution is 2.47. The Morgan fingerprint density at radius 1 is 0.380 bits per heavy atom. The van der Waals surface area contributed by atoms with E-state index >= 15 is 0 Å². The van der Waals surface area contributed by atoms with E-state index in [1.54, 1.807) is 0 Å². The number of anilines is 6. The molecule has 0 fully saturated rings. The number of aryl methyl sites for hydroxylation is 1. The maximum absolute atomic E-state index is 2.43. The predicted octanol–water partition coefficient (Wildman–Crippen LogP) is 14.1. The van der Waals surface area contributed by atoms with Crippen LogP contribution in [0.1, 0.15) is 5.56 Å². The Balaban J connectivity index is 1.25. The van der Waals surface area contributed by atoms with E-state index in [-0.39, 0.29) is 0 Å². The molecule has 9 rings (SSSR count). The molecule has 0 aliphatic rings. The molecule has 0 bridgehead atoms. The summed E-state index contributed by atoms with van der Waals surface area (Å²) in [6.45, 7) is 2.21. The van der Waals surface area contributed by atoms with Crippen molar-refractivity contribution in [2.24, 2.45) is 0 Å². The maximum Gasteiger partial charge on any atom is 0.0557 e. The van der Waals surface area contributed by atoms with Crippen LogP contribution in [0.3, 0.4) is 0 Å². The maximum atomic E-state index is 2.43. The third kappa shape index (κ3) is 5.48. The Morgan fingerprint density at radius 2 is 0.920 bits per heavy atom. The van der Waals surface area contributed by atoms with Crippen molar-refractivity contribution >= 4 is 76.4 Å². The standard InChI is InChI=1S/C47H34N2S/c1-33-29-44(49(39-19-9-4-10-20-39)41-26-23-35-15-11-12-16-37(35)31-41)47-43-32-42(27-28-45(43)50-46(47)30-33)48(38-17-7-3-8-18-38)40-24-21-36(22-25-40)34-13-5-2-6-14-34/h2-32H,1H3. The van der Waals surface area contributed by atoms with Crippen LogP contribution >= 0.6 is 11.3 Å². The van der Waals surface area contributed by atoms with E-state index in [0.29, 0.717) is 0 Å². The Bertz CT molecular complexity index is 2590. The minimum Gasteiger partial charge on any atom is -0.310 e.